The molecule has 1 heterocycles. The molecule has 3 N–H and O–H groups in total. The molecule has 3 nitrogen and oxygen atoms in total. The molecule has 1 aromatic heterocycles. The lowest BCUT2D eigenvalue weighted by Gasteiger charge is -2.19. The Morgan fingerprint density at radius 2 is 2.23 bits per heavy atom. The molecule has 0 unspecified atom stereocenters. The molecule has 0 bridgehead atoms. The van der Waals surface area contributed by atoms with Gasteiger partial charge in [0.25, 0.3) is 0 Å². The van der Waals surface area contributed by atoms with Crippen LogP contribution in [0.1, 0.15) is 19.4 Å². The summed E-state index contributed by atoms with van der Waals surface area (Å²) in [5, 5.41) is 3.19. The molecular weight excluding hydrogens is 162 g/mol. The lowest BCUT2D eigenvalue weighted by atomic mass is 10.1. The minimum atomic E-state index is -0.203. The van der Waals surface area contributed by atoms with Gasteiger partial charge in [0.2, 0.25) is 0 Å². The van der Waals surface area contributed by atoms with Crippen molar-refractivity contribution in [1.29, 1.82) is 0 Å². The largest absolute Gasteiger partial charge is 0.368 e. The number of hydrogen-bond acceptors (Lipinski definition) is 3. The third kappa shape index (κ3) is 3.90. The Hall–Kier alpha value is -1.09. The van der Waals surface area contributed by atoms with Crippen LogP contribution in [0.4, 0.5) is 5.82 Å². The van der Waals surface area contributed by atoms with Gasteiger partial charge < -0.3 is 11.1 Å². The first kappa shape index (κ1) is 9.99. The quantitative estimate of drug-likeness (QED) is 0.740. The second kappa shape index (κ2) is 3.75. The molecule has 0 saturated heterocycles. The Kier molecular flexibility index (Phi) is 2.88. The van der Waals surface area contributed by atoms with E-state index in [1.54, 1.807) is 6.20 Å². The van der Waals surface area contributed by atoms with Gasteiger partial charge in [-0.05, 0) is 38.5 Å². The molecule has 0 fully saturated rings. The molecular formula is C10H17N3. The summed E-state index contributed by atoms with van der Waals surface area (Å²) >= 11 is 0. The van der Waals surface area contributed by atoms with Crippen molar-refractivity contribution < 1.29 is 0 Å². The van der Waals surface area contributed by atoms with Crippen LogP contribution in [0, 0.1) is 6.92 Å². The van der Waals surface area contributed by atoms with E-state index in [0.717, 1.165) is 12.4 Å². The maximum atomic E-state index is 5.83. The summed E-state index contributed by atoms with van der Waals surface area (Å²) in [5.74, 6) is 0.888. The molecule has 1 aromatic rings. The van der Waals surface area contributed by atoms with Crippen LogP contribution in [0.15, 0.2) is 18.3 Å². The number of nitrogens with zero attached hydrogens (tertiary/aromatic N) is 1. The molecule has 0 aromatic carbocycles. The normalized spacial score (nSPS) is 11.4. The van der Waals surface area contributed by atoms with E-state index in [2.05, 4.69) is 10.3 Å². The Bertz CT molecular complexity index is 276. The zero-order valence-electron chi connectivity index (χ0n) is 8.46. The van der Waals surface area contributed by atoms with Gasteiger partial charge in [0.05, 0.1) is 0 Å². The lowest BCUT2D eigenvalue weighted by molar-refractivity contribution is 0.548. The predicted molar refractivity (Wildman–Crippen MR) is 55.7 cm³/mol. The van der Waals surface area contributed by atoms with Gasteiger partial charge >= 0.3 is 0 Å². The van der Waals surface area contributed by atoms with Gasteiger partial charge in [0.15, 0.2) is 0 Å². The molecule has 0 spiro atoms. The minimum Gasteiger partial charge on any atom is -0.368 e. The third-order valence-electron chi connectivity index (χ3n) is 1.64. The second-order valence-corrected chi connectivity index (χ2v) is 4.06. The number of aromatic nitrogens is 1. The van der Waals surface area contributed by atoms with E-state index in [0.29, 0.717) is 0 Å². The molecule has 0 atom stereocenters. The summed E-state index contributed by atoms with van der Waals surface area (Å²) in [6, 6.07) is 3.98. The Balaban J connectivity index is 2.55. The van der Waals surface area contributed by atoms with Crippen LogP contribution in [-0.2, 0) is 0 Å². The van der Waals surface area contributed by atoms with Gasteiger partial charge in [-0.25, -0.2) is 4.98 Å². The van der Waals surface area contributed by atoms with Crippen LogP contribution in [0.25, 0.3) is 0 Å². The van der Waals surface area contributed by atoms with Crippen molar-refractivity contribution in [2.75, 3.05) is 11.9 Å². The summed E-state index contributed by atoms with van der Waals surface area (Å²) in [7, 11) is 0. The average Bonchev–Trinajstić information content (AvgIpc) is 2.00. The third-order valence-corrected chi connectivity index (χ3v) is 1.64. The van der Waals surface area contributed by atoms with E-state index in [9.17, 15) is 0 Å². The van der Waals surface area contributed by atoms with Gasteiger partial charge in [-0.3, -0.25) is 0 Å². The van der Waals surface area contributed by atoms with Gasteiger partial charge in [-0.15, -0.1) is 0 Å². The number of nitrogens with two attached hydrogens (primary N) is 1. The highest BCUT2D eigenvalue weighted by molar-refractivity contribution is 5.37. The van der Waals surface area contributed by atoms with Crippen molar-refractivity contribution in [3.63, 3.8) is 0 Å². The average molecular weight is 179 g/mol. The van der Waals surface area contributed by atoms with Crippen molar-refractivity contribution in [3.05, 3.63) is 23.9 Å². The van der Waals surface area contributed by atoms with Crippen LogP contribution >= 0.6 is 0 Å². The van der Waals surface area contributed by atoms with Crippen molar-refractivity contribution in [2.24, 2.45) is 5.73 Å². The summed E-state index contributed by atoms with van der Waals surface area (Å²) in [6.07, 6.45) is 1.79. The first-order chi connectivity index (χ1) is 5.97. The van der Waals surface area contributed by atoms with Crippen LogP contribution < -0.4 is 11.1 Å². The first-order valence-corrected chi connectivity index (χ1v) is 4.43. The maximum Gasteiger partial charge on any atom is 0.126 e. The Morgan fingerprint density at radius 1 is 1.54 bits per heavy atom. The maximum absolute atomic E-state index is 5.83. The first-order valence-electron chi connectivity index (χ1n) is 4.43. The van der Waals surface area contributed by atoms with E-state index >= 15 is 0 Å². The van der Waals surface area contributed by atoms with Gasteiger partial charge in [0, 0.05) is 18.3 Å². The topological polar surface area (TPSA) is 50.9 Å². The number of anilines is 1. The number of nitrogens with one attached hydrogen (secondary N) is 1. The molecule has 0 saturated carbocycles. The number of hydrogen-bond donors (Lipinski definition) is 2. The summed E-state index contributed by atoms with van der Waals surface area (Å²) in [5.41, 5.74) is 6.83. The zero-order chi connectivity index (χ0) is 9.90. The fourth-order valence-electron chi connectivity index (χ4n) is 0.951. The number of aryl methyl sites for hydroxylation is 1. The van der Waals surface area contributed by atoms with E-state index in [4.69, 9.17) is 5.73 Å². The number of rotatable bonds is 3. The molecule has 0 aliphatic carbocycles. The highest BCUT2D eigenvalue weighted by atomic mass is 15.0. The highest BCUT2D eigenvalue weighted by Gasteiger charge is 2.09. The van der Waals surface area contributed by atoms with Crippen molar-refractivity contribution in [2.45, 2.75) is 26.3 Å². The molecule has 72 valence electrons. The van der Waals surface area contributed by atoms with Crippen LogP contribution in [0.5, 0.6) is 0 Å². The Morgan fingerprint density at radius 3 is 2.77 bits per heavy atom. The fourth-order valence-corrected chi connectivity index (χ4v) is 0.951. The molecule has 0 aliphatic heterocycles. The van der Waals surface area contributed by atoms with Gasteiger partial charge in [0.1, 0.15) is 5.82 Å². The zero-order valence-corrected chi connectivity index (χ0v) is 8.46. The van der Waals surface area contributed by atoms with E-state index in [1.165, 1.54) is 5.56 Å². The predicted octanol–water partition coefficient (Wildman–Crippen LogP) is 1.54. The molecule has 0 amide bonds. The van der Waals surface area contributed by atoms with Crippen LogP contribution in [-0.4, -0.2) is 17.1 Å². The standard InChI is InChI=1S/C10H17N3/c1-8-4-5-12-9(6-8)13-7-10(2,3)11/h4-6H,7,11H2,1-3H3,(H,12,13). The molecule has 13 heavy (non-hydrogen) atoms. The number of pyridine rings is 1. The van der Waals surface area contributed by atoms with Crippen molar-refractivity contribution >= 4 is 5.82 Å². The van der Waals surface area contributed by atoms with E-state index < -0.39 is 0 Å². The highest BCUT2D eigenvalue weighted by Crippen LogP contribution is 2.06. The van der Waals surface area contributed by atoms with Gasteiger partial charge in [-0.2, -0.15) is 0 Å². The van der Waals surface area contributed by atoms with Crippen molar-refractivity contribution in [3.8, 4) is 0 Å². The minimum absolute atomic E-state index is 0.203. The Labute approximate surface area is 79.4 Å². The monoisotopic (exact) mass is 179 g/mol. The molecule has 0 radical (unpaired) electrons. The fraction of sp³-hybridized carbons (Fsp3) is 0.500. The summed E-state index contributed by atoms with van der Waals surface area (Å²) < 4.78 is 0. The summed E-state index contributed by atoms with van der Waals surface area (Å²) in [6.45, 7) is 6.73. The lowest BCUT2D eigenvalue weighted by Crippen LogP contribution is -2.39. The van der Waals surface area contributed by atoms with E-state index in [1.807, 2.05) is 32.9 Å². The van der Waals surface area contributed by atoms with Crippen LogP contribution in [0.3, 0.4) is 0 Å². The van der Waals surface area contributed by atoms with Crippen molar-refractivity contribution in [1.82, 2.24) is 4.98 Å². The molecule has 0 aliphatic rings. The SMILES string of the molecule is Cc1ccnc(NCC(C)(C)N)c1. The molecule has 1 rings (SSSR count). The second-order valence-electron chi connectivity index (χ2n) is 4.06. The van der Waals surface area contributed by atoms with Gasteiger partial charge in [-0.1, -0.05) is 0 Å². The summed E-state index contributed by atoms with van der Waals surface area (Å²) in [4.78, 5) is 4.18. The smallest absolute Gasteiger partial charge is 0.126 e. The molecule has 3 heteroatoms. The van der Waals surface area contributed by atoms with Crippen LogP contribution in [0.2, 0.25) is 0 Å². The van der Waals surface area contributed by atoms with E-state index in [-0.39, 0.29) is 5.54 Å².